The second-order valence-electron chi connectivity index (χ2n) is 6.32. The molecule has 0 amide bonds. The molecule has 2 N–H and O–H groups in total. The van der Waals surface area contributed by atoms with Gasteiger partial charge in [-0.3, -0.25) is 9.69 Å². The first-order valence-corrected chi connectivity index (χ1v) is 8.05. The highest BCUT2D eigenvalue weighted by Crippen LogP contribution is 2.32. The molecule has 1 saturated heterocycles. The lowest BCUT2D eigenvalue weighted by Crippen LogP contribution is -2.29. The number of aromatic nitrogens is 1. The molecule has 2 fully saturated rings. The molecule has 1 aromatic rings. The Bertz CT molecular complexity index is 510. The first-order valence-electron chi connectivity index (χ1n) is 7.17. The van der Waals surface area contributed by atoms with Gasteiger partial charge < -0.3 is 10.4 Å². The van der Waals surface area contributed by atoms with E-state index < -0.39 is 11.4 Å². The number of hydrogen-bond donors (Lipinski definition) is 2. The van der Waals surface area contributed by atoms with E-state index in [1.54, 1.807) is 13.8 Å². The molecular formula is C14H21N3O2S. The highest BCUT2D eigenvalue weighted by atomic mass is 32.1. The number of nitrogens with zero attached hydrogens (tertiary/aromatic N) is 2. The van der Waals surface area contributed by atoms with Gasteiger partial charge in [-0.15, -0.1) is 11.3 Å². The summed E-state index contributed by atoms with van der Waals surface area (Å²) in [5.41, 5.74) is -0.291. The van der Waals surface area contributed by atoms with Crippen molar-refractivity contribution in [3.05, 3.63) is 11.1 Å². The van der Waals surface area contributed by atoms with Crippen LogP contribution >= 0.6 is 11.3 Å². The number of carboxylic acid groups (broad SMARTS) is 1. The number of nitrogens with one attached hydrogen (secondary N) is 1. The molecule has 3 rings (SSSR count). The number of rotatable bonds is 5. The summed E-state index contributed by atoms with van der Waals surface area (Å²) in [6.07, 6.45) is 3.84. The topological polar surface area (TPSA) is 65.5 Å². The van der Waals surface area contributed by atoms with Gasteiger partial charge in [0.2, 0.25) is 0 Å². The van der Waals surface area contributed by atoms with Crippen LogP contribution in [-0.4, -0.2) is 46.1 Å². The molecule has 1 aliphatic carbocycles. The minimum atomic E-state index is -0.924. The Balaban J connectivity index is 1.61. The normalized spacial score (nSPS) is 24.0. The van der Waals surface area contributed by atoms with Crippen LogP contribution in [0.5, 0.6) is 0 Å². The van der Waals surface area contributed by atoms with Gasteiger partial charge in [0, 0.05) is 30.6 Å². The van der Waals surface area contributed by atoms with Crippen LogP contribution < -0.4 is 5.32 Å². The standard InChI is InChI=1S/C14H21N3O2S/c1-14(2,12(18)19)11-8-20-13(16-11)15-9-5-6-17(7-9)10-3-4-10/h8-10H,3-7H2,1-2H3,(H,15,16)(H,18,19). The Hall–Kier alpha value is -1.14. The van der Waals surface area contributed by atoms with E-state index in [1.807, 2.05) is 5.38 Å². The van der Waals surface area contributed by atoms with Crippen molar-refractivity contribution in [1.82, 2.24) is 9.88 Å². The monoisotopic (exact) mass is 295 g/mol. The molecule has 1 aromatic heterocycles. The van der Waals surface area contributed by atoms with Gasteiger partial charge in [0.1, 0.15) is 5.41 Å². The van der Waals surface area contributed by atoms with Gasteiger partial charge in [0.05, 0.1) is 5.69 Å². The lowest BCUT2D eigenvalue weighted by molar-refractivity contribution is -0.142. The van der Waals surface area contributed by atoms with Gasteiger partial charge in [0.25, 0.3) is 0 Å². The number of hydrogen-bond acceptors (Lipinski definition) is 5. The summed E-state index contributed by atoms with van der Waals surface area (Å²) in [6.45, 7) is 5.64. The Morgan fingerprint density at radius 3 is 2.90 bits per heavy atom. The van der Waals surface area contributed by atoms with Crippen LogP contribution in [-0.2, 0) is 10.2 Å². The maximum Gasteiger partial charge on any atom is 0.315 e. The molecule has 6 heteroatoms. The zero-order chi connectivity index (χ0) is 14.3. The largest absolute Gasteiger partial charge is 0.481 e. The van der Waals surface area contributed by atoms with E-state index in [-0.39, 0.29) is 0 Å². The van der Waals surface area contributed by atoms with Crippen molar-refractivity contribution >= 4 is 22.4 Å². The number of thiazole rings is 1. The number of carbonyl (C=O) groups is 1. The van der Waals surface area contributed by atoms with Crippen LogP contribution in [0.3, 0.4) is 0 Å². The van der Waals surface area contributed by atoms with Gasteiger partial charge in [-0.1, -0.05) is 0 Å². The van der Waals surface area contributed by atoms with Crippen LogP contribution in [0.2, 0.25) is 0 Å². The lowest BCUT2D eigenvalue weighted by atomic mass is 9.90. The Morgan fingerprint density at radius 1 is 1.50 bits per heavy atom. The van der Waals surface area contributed by atoms with E-state index >= 15 is 0 Å². The molecule has 0 radical (unpaired) electrons. The number of anilines is 1. The van der Waals surface area contributed by atoms with E-state index in [1.165, 1.54) is 30.7 Å². The van der Waals surface area contributed by atoms with E-state index in [9.17, 15) is 9.90 Å². The molecule has 1 saturated carbocycles. The molecule has 2 aliphatic rings. The predicted octanol–water partition coefficient (Wildman–Crippen LogP) is 2.15. The number of carboxylic acids is 1. The van der Waals surface area contributed by atoms with Crippen molar-refractivity contribution in [3.8, 4) is 0 Å². The fourth-order valence-electron chi connectivity index (χ4n) is 2.59. The minimum Gasteiger partial charge on any atom is -0.481 e. The third-order valence-corrected chi connectivity index (χ3v) is 5.06. The van der Waals surface area contributed by atoms with E-state index in [2.05, 4.69) is 15.2 Å². The van der Waals surface area contributed by atoms with Crippen molar-refractivity contribution in [2.75, 3.05) is 18.4 Å². The molecule has 5 nitrogen and oxygen atoms in total. The predicted molar refractivity (Wildman–Crippen MR) is 79.4 cm³/mol. The van der Waals surface area contributed by atoms with Gasteiger partial charge in [0.15, 0.2) is 5.13 Å². The molecule has 2 heterocycles. The van der Waals surface area contributed by atoms with Crippen LogP contribution in [0.25, 0.3) is 0 Å². The Labute approximate surface area is 123 Å². The van der Waals surface area contributed by atoms with E-state index in [4.69, 9.17) is 0 Å². The Kier molecular flexibility index (Phi) is 3.46. The molecule has 110 valence electrons. The van der Waals surface area contributed by atoms with Gasteiger partial charge in [-0.25, -0.2) is 4.98 Å². The molecule has 1 unspecified atom stereocenters. The first-order chi connectivity index (χ1) is 9.46. The van der Waals surface area contributed by atoms with Crippen molar-refractivity contribution in [3.63, 3.8) is 0 Å². The Morgan fingerprint density at radius 2 is 2.25 bits per heavy atom. The summed E-state index contributed by atoms with van der Waals surface area (Å²) in [7, 11) is 0. The summed E-state index contributed by atoms with van der Waals surface area (Å²) in [5.74, 6) is -0.838. The van der Waals surface area contributed by atoms with Crippen molar-refractivity contribution in [2.45, 2.75) is 50.6 Å². The fraction of sp³-hybridized carbons (Fsp3) is 0.714. The first kappa shape index (κ1) is 13.8. The molecule has 0 aromatic carbocycles. The quantitative estimate of drug-likeness (QED) is 0.871. The lowest BCUT2D eigenvalue weighted by Gasteiger charge is -2.16. The zero-order valence-electron chi connectivity index (χ0n) is 11.9. The maximum atomic E-state index is 11.2. The van der Waals surface area contributed by atoms with Crippen LogP contribution in [0.4, 0.5) is 5.13 Å². The number of likely N-dealkylation sites (tertiary alicyclic amines) is 1. The molecule has 0 spiro atoms. The van der Waals surface area contributed by atoms with E-state index in [0.29, 0.717) is 11.7 Å². The smallest absolute Gasteiger partial charge is 0.315 e. The van der Waals surface area contributed by atoms with Crippen molar-refractivity contribution < 1.29 is 9.90 Å². The fourth-order valence-corrected chi connectivity index (χ4v) is 3.54. The highest BCUT2D eigenvalue weighted by Gasteiger charge is 2.35. The van der Waals surface area contributed by atoms with Crippen LogP contribution in [0, 0.1) is 0 Å². The average Bonchev–Trinajstić information content (AvgIpc) is 2.96. The van der Waals surface area contributed by atoms with Crippen molar-refractivity contribution in [1.29, 1.82) is 0 Å². The van der Waals surface area contributed by atoms with Crippen molar-refractivity contribution in [2.24, 2.45) is 0 Å². The summed E-state index contributed by atoms with van der Waals surface area (Å²) >= 11 is 1.50. The minimum absolute atomic E-state index is 0.447. The summed E-state index contributed by atoms with van der Waals surface area (Å²) < 4.78 is 0. The van der Waals surface area contributed by atoms with Gasteiger partial charge in [-0.2, -0.15) is 0 Å². The second kappa shape index (κ2) is 5.00. The number of aliphatic carboxylic acids is 1. The average molecular weight is 295 g/mol. The zero-order valence-corrected chi connectivity index (χ0v) is 12.7. The molecule has 0 bridgehead atoms. The summed E-state index contributed by atoms with van der Waals surface area (Å²) in [6, 6.07) is 1.27. The van der Waals surface area contributed by atoms with E-state index in [0.717, 1.165) is 24.1 Å². The van der Waals surface area contributed by atoms with Gasteiger partial charge >= 0.3 is 5.97 Å². The molecule has 1 aliphatic heterocycles. The molecule has 1 atom stereocenters. The maximum absolute atomic E-state index is 11.2. The molecular weight excluding hydrogens is 274 g/mol. The SMILES string of the molecule is CC(C)(C(=O)O)c1csc(NC2CCN(C3CC3)C2)n1. The summed E-state index contributed by atoms with van der Waals surface area (Å²) in [5, 5.41) is 15.4. The third-order valence-electron chi connectivity index (χ3n) is 4.29. The summed E-state index contributed by atoms with van der Waals surface area (Å²) in [4.78, 5) is 18.2. The van der Waals surface area contributed by atoms with Crippen LogP contribution in [0.15, 0.2) is 5.38 Å². The van der Waals surface area contributed by atoms with Crippen LogP contribution in [0.1, 0.15) is 38.8 Å². The van der Waals surface area contributed by atoms with Gasteiger partial charge in [-0.05, 0) is 33.1 Å². The second-order valence-corrected chi connectivity index (χ2v) is 7.18. The highest BCUT2D eigenvalue weighted by molar-refractivity contribution is 7.13. The molecule has 20 heavy (non-hydrogen) atoms. The third kappa shape index (κ3) is 2.67.